The van der Waals surface area contributed by atoms with E-state index in [0.29, 0.717) is 0 Å². The molecule has 2 bridgehead atoms. The molecular formula is C15H28. The smallest absolute Gasteiger partial charge is 0.0295 e. The fourth-order valence-electron chi connectivity index (χ4n) is 4.15. The lowest BCUT2D eigenvalue weighted by molar-refractivity contribution is 0.108. The molecule has 2 aliphatic rings. The summed E-state index contributed by atoms with van der Waals surface area (Å²) < 4.78 is 0. The largest absolute Gasteiger partial charge is 0.0654 e. The minimum absolute atomic E-state index is 0.795. The first-order valence-electron chi connectivity index (χ1n) is 7.26. The maximum Gasteiger partial charge on any atom is -0.0295 e. The first-order valence-corrected chi connectivity index (χ1v) is 7.26. The van der Waals surface area contributed by atoms with Gasteiger partial charge >= 0.3 is 0 Å². The van der Waals surface area contributed by atoms with Crippen molar-refractivity contribution < 1.29 is 0 Å². The van der Waals surface area contributed by atoms with Crippen LogP contribution in [0.1, 0.15) is 78.1 Å². The van der Waals surface area contributed by atoms with Crippen molar-refractivity contribution in [3.05, 3.63) is 0 Å². The summed E-state index contributed by atoms with van der Waals surface area (Å²) in [5.41, 5.74) is 0.795. The minimum atomic E-state index is 0.795. The van der Waals surface area contributed by atoms with E-state index in [9.17, 15) is 0 Å². The second-order valence-corrected chi connectivity index (χ2v) is 6.33. The Morgan fingerprint density at radius 2 is 1.87 bits per heavy atom. The first kappa shape index (κ1) is 11.5. The lowest BCUT2D eigenvalue weighted by atomic mass is 9.65. The second-order valence-electron chi connectivity index (χ2n) is 6.33. The van der Waals surface area contributed by atoms with E-state index in [1.165, 1.54) is 44.9 Å². The van der Waals surface area contributed by atoms with E-state index in [0.717, 1.165) is 17.3 Å². The Hall–Kier alpha value is 0. The third-order valence-electron chi connectivity index (χ3n) is 5.21. The van der Waals surface area contributed by atoms with Crippen molar-refractivity contribution in [3.8, 4) is 0 Å². The molecule has 0 nitrogen and oxygen atoms in total. The Kier molecular flexibility index (Phi) is 3.74. The van der Waals surface area contributed by atoms with Crippen molar-refractivity contribution in [2.45, 2.75) is 78.1 Å². The molecule has 88 valence electrons. The van der Waals surface area contributed by atoms with Gasteiger partial charge in [0.15, 0.2) is 0 Å². The molecule has 2 fully saturated rings. The Morgan fingerprint density at radius 1 is 1.13 bits per heavy atom. The molecule has 2 rings (SSSR count). The lowest BCUT2D eigenvalue weighted by Gasteiger charge is -2.41. The Morgan fingerprint density at radius 3 is 2.60 bits per heavy atom. The van der Waals surface area contributed by atoms with Gasteiger partial charge < -0.3 is 0 Å². The highest BCUT2D eigenvalue weighted by atomic mass is 14.4. The molecule has 0 radical (unpaired) electrons. The molecule has 0 saturated heterocycles. The van der Waals surface area contributed by atoms with Crippen LogP contribution >= 0.6 is 0 Å². The first-order chi connectivity index (χ1) is 7.26. The highest BCUT2D eigenvalue weighted by molar-refractivity contribution is 4.90. The van der Waals surface area contributed by atoms with Crippen molar-refractivity contribution in [3.63, 3.8) is 0 Å². The molecule has 0 aliphatic heterocycles. The molecule has 2 saturated carbocycles. The molecule has 0 aromatic heterocycles. The van der Waals surface area contributed by atoms with E-state index in [4.69, 9.17) is 0 Å². The Balaban J connectivity index is 2.02. The predicted molar refractivity (Wildman–Crippen MR) is 66.9 cm³/mol. The molecule has 0 aromatic carbocycles. The summed E-state index contributed by atoms with van der Waals surface area (Å²) in [6.07, 6.45) is 15.2. The summed E-state index contributed by atoms with van der Waals surface area (Å²) in [4.78, 5) is 0. The molecule has 0 heterocycles. The van der Waals surface area contributed by atoms with Gasteiger partial charge in [0.05, 0.1) is 0 Å². The van der Waals surface area contributed by atoms with E-state index in [-0.39, 0.29) is 0 Å². The normalized spacial score (nSPS) is 41.2. The van der Waals surface area contributed by atoms with Crippen molar-refractivity contribution >= 4 is 0 Å². The van der Waals surface area contributed by atoms with Gasteiger partial charge in [-0.1, -0.05) is 52.4 Å². The quantitative estimate of drug-likeness (QED) is 0.600. The van der Waals surface area contributed by atoms with Gasteiger partial charge in [-0.3, -0.25) is 0 Å². The van der Waals surface area contributed by atoms with Crippen LogP contribution in [-0.4, -0.2) is 0 Å². The fourth-order valence-corrected chi connectivity index (χ4v) is 4.15. The molecule has 0 spiro atoms. The molecular weight excluding hydrogens is 180 g/mol. The summed E-state index contributed by atoms with van der Waals surface area (Å²) in [6, 6.07) is 0. The average molecular weight is 208 g/mol. The zero-order valence-electron chi connectivity index (χ0n) is 10.7. The van der Waals surface area contributed by atoms with Crippen LogP contribution < -0.4 is 0 Å². The van der Waals surface area contributed by atoms with Gasteiger partial charge in [0.2, 0.25) is 0 Å². The Bertz CT molecular complexity index is 192. The third-order valence-corrected chi connectivity index (χ3v) is 5.21. The van der Waals surface area contributed by atoms with E-state index in [2.05, 4.69) is 13.8 Å². The van der Waals surface area contributed by atoms with E-state index in [1.54, 1.807) is 19.3 Å². The highest BCUT2D eigenvalue weighted by Crippen LogP contribution is 2.51. The molecule has 3 unspecified atom stereocenters. The molecule has 3 atom stereocenters. The fraction of sp³-hybridized carbons (Fsp3) is 1.00. The van der Waals surface area contributed by atoms with Gasteiger partial charge in [-0.2, -0.15) is 0 Å². The zero-order chi connectivity index (χ0) is 10.7. The van der Waals surface area contributed by atoms with E-state index >= 15 is 0 Å². The van der Waals surface area contributed by atoms with E-state index < -0.39 is 0 Å². The van der Waals surface area contributed by atoms with Crippen molar-refractivity contribution in [2.24, 2.45) is 17.3 Å². The number of unbranched alkanes of at least 4 members (excludes halogenated alkanes) is 1. The molecule has 0 N–H and O–H groups in total. The monoisotopic (exact) mass is 208 g/mol. The third kappa shape index (κ3) is 2.57. The highest BCUT2D eigenvalue weighted by Gasteiger charge is 2.39. The summed E-state index contributed by atoms with van der Waals surface area (Å²) in [7, 11) is 0. The van der Waals surface area contributed by atoms with Crippen LogP contribution in [0.3, 0.4) is 0 Å². The van der Waals surface area contributed by atoms with Crippen LogP contribution in [0.2, 0.25) is 0 Å². The van der Waals surface area contributed by atoms with Crippen LogP contribution in [0.15, 0.2) is 0 Å². The van der Waals surface area contributed by atoms with Gasteiger partial charge in [0, 0.05) is 0 Å². The zero-order valence-corrected chi connectivity index (χ0v) is 10.7. The molecule has 0 heteroatoms. The van der Waals surface area contributed by atoms with Crippen molar-refractivity contribution in [2.75, 3.05) is 0 Å². The van der Waals surface area contributed by atoms with Crippen LogP contribution in [0.4, 0.5) is 0 Å². The van der Waals surface area contributed by atoms with Crippen molar-refractivity contribution in [1.82, 2.24) is 0 Å². The number of fused-ring (bicyclic) bond motifs is 2. The maximum atomic E-state index is 2.51. The number of hydrogen-bond acceptors (Lipinski definition) is 0. The summed E-state index contributed by atoms with van der Waals surface area (Å²) in [6.45, 7) is 4.85. The van der Waals surface area contributed by atoms with Gasteiger partial charge in [-0.05, 0) is 42.9 Å². The van der Waals surface area contributed by atoms with Gasteiger partial charge in [-0.15, -0.1) is 0 Å². The topological polar surface area (TPSA) is 0 Å². The SMILES string of the molecule is CCCCC12CCCC(C)C(CCC1)C2. The van der Waals surface area contributed by atoms with E-state index in [1.807, 2.05) is 0 Å². The van der Waals surface area contributed by atoms with Gasteiger partial charge in [0.25, 0.3) is 0 Å². The lowest BCUT2D eigenvalue weighted by Crippen LogP contribution is -2.28. The van der Waals surface area contributed by atoms with Crippen LogP contribution in [0, 0.1) is 17.3 Å². The number of hydrogen-bond donors (Lipinski definition) is 0. The van der Waals surface area contributed by atoms with Crippen LogP contribution in [-0.2, 0) is 0 Å². The predicted octanol–water partition coefficient (Wildman–Crippen LogP) is 5.17. The summed E-state index contributed by atoms with van der Waals surface area (Å²) in [5.74, 6) is 2.10. The molecule has 15 heavy (non-hydrogen) atoms. The molecule has 0 aromatic rings. The van der Waals surface area contributed by atoms with Crippen LogP contribution in [0.5, 0.6) is 0 Å². The van der Waals surface area contributed by atoms with Crippen molar-refractivity contribution in [1.29, 1.82) is 0 Å². The summed E-state index contributed by atoms with van der Waals surface area (Å²) >= 11 is 0. The average Bonchev–Trinajstić information content (AvgIpc) is 2.36. The van der Waals surface area contributed by atoms with Crippen LogP contribution in [0.25, 0.3) is 0 Å². The summed E-state index contributed by atoms with van der Waals surface area (Å²) in [5, 5.41) is 0. The number of rotatable bonds is 3. The Labute approximate surface area is 95.8 Å². The molecule has 2 aliphatic carbocycles. The van der Waals surface area contributed by atoms with Gasteiger partial charge in [-0.25, -0.2) is 0 Å². The van der Waals surface area contributed by atoms with Gasteiger partial charge in [0.1, 0.15) is 0 Å². The maximum absolute atomic E-state index is 2.51. The molecule has 0 amide bonds. The minimum Gasteiger partial charge on any atom is -0.0654 e. The second kappa shape index (κ2) is 4.89. The standard InChI is InChI=1S/C15H28/c1-3-4-9-15-10-5-7-13(2)14(12-15)8-6-11-15/h13-14H,3-12H2,1-2H3.